The predicted molar refractivity (Wildman–Crippen MR) is 131 cm³/mol. The fraction of sp³-hybridized carbons (Fsp3) is 0.423. The number of hydrogen-bond acceptors (Lipinski definition) is 3. The Kier molecular flexibility index (Phi) is 5.71. The van der Waals surface area contributed by atoms with E-state index in [1.54, 1.807) is 11.3 Å². The summed E-state index contributed by atoms with van der Waals surface area (Å²) in [6, 6.07) is 11.3. The summed E-state index contributed by atoms with van der Waals surface area (Å²) < 4.78 is 0. The summed E-state index contributed by atoms with van der Waals surface area (Å²) in [6.45, 7) is 6.40. The number of piperidine rings is 1. The highest BCUT2D eigenvalue weighted by Gasteiger charge is 2.40. The molecule has 0 bridgehead atoms. The molecule has 1 aliphatic carbocycles. The van der Waals surface area contributed by atoms with Crippen LogP contribution in [0.3, 0.4) is 0 Å². The summed E-state index contributed by atoms with van der Waals surface area (Å²) in [5.74, 6) is 7.14. The number of urea groups is 1. The molecule has 2 amide bonds. The van der Waals surface area contributed by atoms with E-state index < -0.39 is 0 Å². The molecule has 2 aliphatic rings. The van der Waals surface area contributed by atoms with Crippen molar-refractivity contribution in [2.24, 2.45) is 0 Å². The van der Waals surface area contributed by atoms with E-state index in [-0.39, 0.29) is 12.1 Å². The molecule has 32 heavy (non-hydrogen) atoms. The Labute approximate surface area is 193 Å². The number of aromatic amines is 1. The largest absolute Gasteiger partial charge is 0.348 e. The molecule has 3 atom stereocenters. The second-order valence-corrected chi connectivity index (χ2v) is 9.80. The van der Waals surface area contributed by atoms with Crippen LogP contribution in [-0.4, -0.2) is 59.6 Å². The first kappa shape index (κ1) is 21.1. The third kappa shape index (κ3) is 3.70. The molecule has 3 heterocycles. The van der Waals surface area contributed by atoms with Crippen molar-refractivity contribution in [1.82, 2.24) is 20.1 Å². The van der Waals surface area contributed by atoms with Crippen LogP contribution in [0.25, 0.3) is 10.9 Å². The molecular formula is C26H30N4OS. The average Bonchev–Trinajstić information content (AvgIpc) is 3.43. The standard InChI is InChI=1S/C26H30N4OS/c1-4-30(5-2)26(31)27-17-14-20-19-9-6-10-23-25(19)21(15-24(20)29(3)16-17)22(28-23)12-11-18-8-7-13-32-18/h6-10,13,17,20,24,28H,4-5,14-16H2,1-3H3,(H,27,31)/t17-,20?,24+/m0/s1. The van der Waals surface area contributed by atoms with Gasteiger partial charge in [-0.15, -0.1) is 11.3 Å². The second kappa shape index (κ2) is 8.65. The number of carbonyl (C=O) groups is 1. The predicted octanol–water partition coefficient (Wildman–Crippen LogP) is 4.39. The van der Waals surface area contributed by atoms with E-state index in [0.717, 1.165) is 43.0 Å². The Balaban J connectivity index is 1.47. The maximum absolute atomic E-state index is 12.7. The Bertz CT molecular complexity index is 1180. The smallest absolute Gasteiger partial charge is 0.317 e. The zero-order valence-electron chi connectivity index (χ0n) is 18.9. The summed E-state index contributed by atoms with van der Waals surface area (Å²) in [5.41, 5.74) is 4.95. The number of likely N-dealkylation sites (N-methyl/N-ethyl adjacent to an activating group) is 1. The molecule has 1 aliphatic heterocycles. The van der Waals surface area contributed by atoms with Gasteiger partial charge in [0.15, 0.2) is 0 Å². The molecule has 6 heteroatoms. The first-order valence-corrected chi connectivity index (χ1v) is 12.4. The Morgan fingerprint density at radius 2 is 2.09 bits per heavy atom. The SMILES string of the molecule is CCN(CC)C(=O)N[C@H]1CC2c3cccc4[nH]c(C#Cc5cccs5)c(c34)C[C@H]2N(C)C1. The van der Waals surface area contributed by atoms with Gasteiger partial charge in [0, 0.05) is 48.5 Å². The van der Waals surface area contributed by atoms with Crippen molar-refractivity contribution >= 4 is 28.3 Å². The number of benzene rings is 1. The molecule has 1 aromatic carbocycles. The van der Waals surface area contributed by atoms with Gasteiger partial charge in [-0.1, -0.05) is 18.2 Å². The van der Waals surface area contributed by atoms with Gasteiger partial charge < -0.3 is 20.1 Å². The van der Waals surface area contributed by atoms with Gasteiger partial charge in [0.1, 0.15) is 0 Å². The number of likely N-dealkylation sites (tertiary alicyclic amines) is 1. The molecule has 5 nitrogen and oxygen atoms in total. The van der Waals surface area contributed by atoms with Crippen LogP contribution in [-0.2, 0) is 6.42 Å². The minimum atomic E-state index is 0.0503. The maximum Gasteiger partial charge on any atom is 0.317 e. The van der Waals surface area contributed by atoms with Crippen molar-refractivity contribution in [2.75, 3.05) is 26.7 Å². The Morgan fingerprint density at radius 1 is 1.25 bits per heavy atom. The molecule has 0 spiro atoms. The van der Waals surface area contributed by atoms with Gasteiger partial charge in [-0.3, -0.25) is 0 Å². The lowest BCUT2D eigenvalue weighted by Gasteiger charge is -2.46. The van der Waals surface area contributed by atoms with Gasteiger partial charge in [-0.2, -0.15) is 0 Å². The van der Waals surface area contributed by atoms with E-state index >= 15 is 0 Å². The van der Waals surface area contributed by atoms with Crippen molar-refractivity contribution in [3.63, 3.8) is 0 Å². The minimum Gasteiger partial charge on any atom is -0.348 e. The summed E-state index contributed by atoms with van der Waals surface area (Å²) >= 11 is 1.67. The first-order valence-electron chi connectivity index (χ1n) is 11.5. The second-order valence-electron chi connectivity index (χ2n) is 8.85. The quantitative estimate of drug-likeness (QED) is 0.586. The highest BCUT2D eigenvalue weighted by molar-refractivity contribution is 7.10. The fourth-order valence-corrected chi connectivity index (χ4v) is 6.06. The number of nitrogens with zero attached hydrogens (tertiary/aromatic N) is 2. The molecule has 0 saturated carbocycles. The van der Waals surface area contributed by atoms with Crippen LogP contribution < -0.4 is 5.32 Å². The van der Waals surface area contributed by atoms with Crippen LogP contribution >= 0.6 is 11.3 Å². The van der Waals surface area contributed by atoms with Crippen molar-refractivity contribution in [3.05, 3.63) is 57.4 Å². The molecule has 1 unspecified atom stereocenters. The van der Waals surface area contributed by atoms with E-state index in [9.17, 15) is 4.79 Å². The van der Waals surface area contributed by atoms with Crippen LogP contribution in [0.1, 0.15) is 47.9 Å². The molecule has 2 N–H and O–H groups in total. The molecular weight excluding hydrogens is 416 g/mol. The molecule has 166 valence electrons. The van der Waals surface area contributed by atoms with Gasteiger partial charge in [0.25, 0.3) is 0 Å². The van der Waals surface area contributed by atoms with Gasteiger partial charge in [-0.05, 0) is 74.2 Å². The first-order chi connectivity index (χ1) is 15.6. The number of H-pyrrole nitrogens is 1. The van der Waals surface area contributed by atoms with Gasteiger partial charge >= 0.3 is 6.03 Å². The molecule has 2 aromatic heterocycles. The third-order valence-electron chi connectivity index (χ3n) is 7.06. The van der Waals surface area contributed by atoms with Crippen molar-refractivity contribution in [1.29, 1.82) is 0 Å². The van der Waals surface area contributed by atoms with Gasteiger partial charge in [0.05, 0.1) is 10.6 Å². The lowest BCUT2D eigenvalue weighted by molar-refractivity contribution is 0.124. The van der Waals surface area contributed by atoms with E-state index in [4.69, 9.17) is 0 Å². The van der Waals surface area contributed by atoms with E-state index in [1.807, 2.05) is 24.8 Å². The van der Waals surface area contributed by atoms with E-state index in [0.29, 0.717) is 12.0 Å². The van der Waals surface area contributed by atoms with Crippen molar-refractivity contribution < 1.29 is 4.79 Å². The highest BCUT2D eigenvalue weighted by Crippen LogP contribution is 2.44. The van der Waals surface area contributed by atoms with Crippen molar-refractivity contribution in [2.45, 2.75) is 44.7 Å². The Hall–Kier alpha value is -2.75. The number of fused-ring (bicyclic) bond motifs is 2. The zero-order valence-corrected chi connectivity index (χ0v) is 19.8. The minimum absolute atomic E-state index is 0.0503. The van der Waals surface area contributed by atoms with E-state index in [2.05, 4.69) is 63.7 Å². The Morgan fingerprint density at radius 3 is 2.84 bits per heavy atom. The summed E-state index contributed by atoms with van der Waals surface area (Å²) in [6.07, 6.45) is 1.96. The molecule has 3 aromatic rings. The van der Waals surface area contributed by atoms with Crippen LogP contribution in [0.4, 0.5) is 4.79 Å². The normalized spacial score (nSPS) is 22.2. The number of amides is 2. The fourth-order valence-electron chi connectivity index (χ4n) is 5.49. The number of aromatic nitrogens is 1. The molecule has 0 radical (unpaired) electrons. The van der Waals surface area contributed by atoms with Gasteiger partial charge in [-0.25, -0.2) is 4.79 Å². The monoisotopic (exact) mass is 446 g/mol. The highest BCUT2D eigenvalue weighted by atomic mass is 32.1. The lowest BCUT2D eigenvalue weighted by atomic mass is 9.73. The topological polar surface area (TPSA) is 51.4 Å². The van der Waals surface area contributed by atoms with E-state index in [1.165, 1.54) is 22.0 Å². The lowest BCUT2D eigenvalue weighted by Crippen LogP contribution is -2.56. The van der Waals surface area contributed by atoms with Crippen LogP contribution in [0.2, 0.25) is 0 Å². The van der Waals surface area contributed by atoms with Crippen LogP contribution in [0.15, 0.2) is 35.7 Å². The zero-order chi connectivity index (χ0) is 22.2. The summed E-state index contributed by atoms with van der Waals surface area (Å²) in [7, 11) is 2.20. The maximum atomic E-state index is 12.7. The third-order valence-corrected chi connectivity index (χ3v) is 7.85. The number of thiophene rings is 1. The number of hydrogen-bond donors (Lipinski definition) is 2. The molecule has 1 fully saturated rings. The summed E-state index contributed by atoms with van der Waals surface area (Å²) in [4.78, 5) is 21.7. The van der Waals surface area contributed by atoms with Crippen LogP contribution in [0.5, 0.6) is 0 Å². The molecule has 5 rings (SSSR count). The van der Waals surface area contributed by atoms with Crippen LogP contribution in [0, 0.1) is 11.8 Å². The van der Waals surface area contributed by atoms with Crippen molar-refractivity contribution in [3.8, 4) is 11.8 Å². The summed E-state index contributed by atoms with van der Waals surface area (Å²) in [5, 5.41) is 6.70. The average molecular weight is 447 g/mol. The molecule has 1 saturated heterocycles. The number of rotatable bonds is 3. The number of nitrogens with one attached hydrogen (secondary N) is 2. The number of carbonyl (C=O) groups excluding carboxylic acids is 1. The van der Waals surface area contributed by atoms with Gasteiger partial charge in [0.2, 0.25) is 0 Å².